The number of halogens is 2. The van der Waals surface area contributed by atoms with Gasteiger partial charge in [-0.15, -0.1) is 0 Å². The molecule has 9 rings (SSSR count). The molecule has 2 bridgehead atoms. The van der Waals surface area contributed by atoms with Crippen molar-refractivity contribution in [1.82, 2.24) is 24.8 Å². The summed E-state index contributed by atoms with van der Waals surface area (Å²) in [6.07, 6.45) is 4.11. The summed E-state index contributed by atoms with van der Waals surface area (Å²) in [7, 11) is 0. The lowest BCUT2D eigenvalue weighted by Crippen LogP contribution is -2.56. The molecule has 13 heteroatoms. The van der Waals surface area contributed by atoms with E-state index < -0.39 is 29.7 Å². The molecule has 5 aromatic rings. The molecule has 4 fully saturated rings. The van der Waals surface area contributed by atoms with E-state index in [0.717, 1.165) is 35.9 Å². The Bertz CT molecular complexity index is 2350. The Morgan fingerprint density at radius 3 is 2.76 bits per heavy atom. The van der Waals surface area contributed by atoms with Crippen molar-refractivity contribution in [2.45, 2.75) is 56.1 Å². The Morgan fingerprint density at radius 1 is 1.07 bits per heavy atom. The molecular formula is C41H37F2N7O4. The fourth-order valence-corrected chi connectivity index (χ4v) is 8.95. The highest BCUT2D eigenvalue weighted by Crippen LogP contribution is 2.43. The molecule has 1 N–H and O–H groups in total. The zero-order chi connectivity index (χ0) is 37.0. The molecule has 4 saturated heterocycles. The first-order valence-electron chi connectivity index (χ1n) is 18.2. The summed E-state index contributed by atoms with van der Waals surface area (Å²) in [5.74, 6) is -0.359. The standard InChI is InChI=1S/C41H37F2N7O4/c1-44-18-27-14-29-21-48(22-34(27)50(29)40(52)53-23-25-8-3-2-4-9-25)38-33-19-45-36(32-16-30(51)15-26-10-5-6-11-31(26)32)35(43)37(33)46-39(47-38)54-24-41-12-7-13-49(41)20-28(42)17-41/h2-6,8-11,15-16,18-19,28-29,34,51H,7,12-14,17,20-24H2/b27-18-/t28-,29?,34?,41+/m1/s1. The van der Waals surface area contributed by atoms with Gasteiger partial charge in [-0.1, -0.05) is 54.6 Å². The van der Waals surface area contributed by atoms with Crippen molar-refractivity contribution in [3.63, 3.8) is 0 Å². The maximum Gasteiger partial charge on any atom is 0.410 e. The highest BCUT2D eigenvalue weighted by molar-refractivity contribution is 6.00. The first-order chi connectivity index (χ1) is 26.3. The number of aromatic hydroxyl groups is 1. The van der Waals surface area contributed by atoms with Gasteiger partial charge in [0.15, 0.2) is 12.0 Å². The molecular weight excluding hydrogens is 692 g/mol. The number of phenolic OH excluding ortho intramolecular Hbond substituents is 1. The third-order valence-corrected chi connectivity index (χ3v) is 11.4. The van der Waals surface area contributed by atoms with Crippen LogP contribution in [0.3, 0.4) is 0 Å². The number of rotatable bonds is 7. The van der Waals surface area contributed by atoms with Crippen LogP contribution in [0.2, 0.25) is 0 Å². The maximum absolute atomic E-state index is 17.0. The molecule has 274 valence electrons. The van der Waals surface area contributed by atoms with Gasteiger partial charge in [0.05, 0.1) is 29.6 Å². The number of amides is 1. The summed E-state index contributed by atoms with van der Waals surface area (Å²) in [6, 6.07) is 19.0. The summed E-state index contributed by atoms with van der Waals surface area (Å²) in [5.41, 5.74) is 1.58. The number of nitrogens with zero attached hydrogens (tertiary/aromatic N) is 7. The third-order valence-electron chi connectivity index (χ3n) is 11.4. The molecule has 0 spiro atoms. The van der Waals surface area contributed by atoms with Gasteiger partial charge in [-0.3, -0.25) is 14.8 Å². The second kappa shape index (κ2) is 13.5. The number of anilines is 1. The Morgan fingerprint density at radius 2 is 1.91 bits per heavy atom. The second-order valence-electron chi connectivity index (χ2n) is 14.7. The largest absolute Gasteiger partial charge is 0.508 e. The summed E-state index contributed by atoms with van der Waals surface area (Å²) >= 11 is 0. The van der Waals surface area contributed by atoms with Crippen molar-refractivity contribution in [2.24, 2.45) is 0 Å². The van der Waals surface area contributed by atoms with Crippen LogP contribution in [-0.4, -0.2) is 92.5 Å². The predicted molar refractivity (Wildman–Crippen MR) is 198 cm³/mol. The summed E-state index contributed by atoms with van der Waals surface area (Å²) in [6.45, 7) is 9.55. The highest BCUT2D eigenvalue weighted by Gasteiger charge is 2.50. The van der Waals surface area contributed by atoms with Crippen molar-refractivity contribution in [3.8, 4) is 23.0 Å². The van der Waals surface area contributed by atoms with E-state index in [-0.39, 0.29) is 48.8 Å². The average Bonchev–Trinajstić information content (AvgIpc) is 3.78. The number of carbonyl (C=O) groups is 1. The lowest BCUT2D eigenvalue weighted by molar-refractivity contribution is 0.0753. The molecule has 0 radical (unpaired) electrons. The lowest BCUT2D eigenvalue weighted by Gasteiger charge is -2.41. The number of hydrogen-bond donors (Lipinski definition) is 1. The number of benzene rings is 3. The normalized spacial score (nSPS) is 24.3. The number of phenols is 1. The van der Waals surface area contributed by atoms with Gasteiger partial charge in [0.1, 0.15) is 42.2 Å². The molecule has 11 nitrogen and oxygen atoms in total. The molecule has 2 aromatic heterocycles. The molecule has 54 heavy (non-hydrogen) atoms. The highest BCUT2D eigenvalue weighted by atomic mass is 19.1. The molecule has 4 aliphatic heterocycles. The first kappa shape index (κ1) is 33.9. The van der Waals surface area contributed by atoms with Gasteiger partial charge in [0, 0.05) is 37.8 Å². The fraction of sp³-hybridized carbons (Fsp3) is 0.341. The Hall–Kier alpha value is -5.87. The molecule has 0 saturated carbocycles. The van der Waals surface area contributed by atoms with Crippen molar-refractivity contribution < 1.29 is 28.2 Å². The minimum atomic E-state index is -0.950. The number of piperazine rings is 1. The minimum Gasteiger partial charge on any atom is -0.508 e. The monoisotopic (exact) mass is 729 g/mol. The third kappa shape index (κ3) is 5.91. The topological polar surface area (TPSA) is 109 Å². The molecule has 0 aliphatic carbocycles. The number of alkyl halides is 1. The van der Waals surface area contributed by atoms with E-state index in [1.54, 1.807) is 11.0 Å². The van der Waals surface area contributed by atoms with E-state index >= 15 is 4.39 Å². The number of aromatic nitrogens is 3. The summed E-state index contributed by atoms with van der Waals surface area (Å²) in [5, 5.41) is 12.4. The predicted octanol–water partition coefficient (Wildman–Crippen LogP) is 7.05. The van der Waals surface area contributed by atoms with Crippen LogP contribution in [0.4, 0.5) is 19.4 Å². The molecule has 2 unspecified atom stereocenters. The quantitative estimate of drug-likeness (QED) is 0.177. The van der Waals surface area contributed by atoms with Crippen LogP contribution in [0.15, 0.2) is 84.7 Å². The molecule has 6 heterocycles. The zero-order valence-corrected chi connectivity index (χ0v) is 29.4. The first-order valence-corrected chi connectivity index (χ1v) is 18.2. The van der Waals surface area contributed by atoms with Gasteiger partial charge >= 0.3 is 12.1 Å². The summed E-state index contributed by atoms with van der Waals surface area (Å²) in [4.78, 5) is 37.0. The van der Waals surface area contributed by atoms with Crippen molar-refractivity contribution in [3.05, 3.63) is 107 Å². The number of ether oxygens (including phenoxy) is 2. The van der Waals surface area contributed by atoms with Gasteiger partial charge in [0.25, 0.3) is 0 Å². The fourth-order valence-electron chi connectivity index (χ4n) is 8.95. The van der Waals surface area contributed by atoms with Crippen molar-refractivity contribution >= 4 is 33.6 Å². The molecule has 4 atom stereocenters. The van der Waals surface area contributed by atoms with Crippen molar-refractivity contribution in [2.75, 3.05) is 37.7 Å². The van der Waals surface area contributed by atoms with Crippen LogP contribution in [0, 0.1) is 12.4 Å². The van der Waals surface area contributed by atoms with Crippen LogP contribution >= 0.6 is 0 Å². The van der Waals surface area contributed by atoms with E-state index in [4.69, 9.17) is 21.0 Å². The lowest BCUT2D eigenvalue weighted by atomic mass is 9.95. The SMILES string of the molecule is [C-]#[N+]/C=C1/CC2CN(c3nc(OC[C@@]45CCCN4C[C@H](F)C5)nc4c(F)c(-c5cc(O)cc6ccccc56)ncc34)CC1N2C(=O)OCc1ccccc1. The average molecular weight is 730 g/mol. The van der Waals surface area contributed by atoms with Crippen LogP contribution in [0.25, 0.3) is 37.8 Å². The van der Waals surface area contributed by atoms with Gasteiger partial charge in [-0.25, -0.2) is 18.4 Å². The molecule has 3 aromatic carbocycles. The maximum atomic E-state index is 17.0. The van der Waals surface area contributed by atoms with Crippen LogP contribution in [0.5, 0.6) is 11.8 Å². The number of carbonyl (C=O) groups excluding carboxylic acids is 1. The van der Waals surface area contributed by atoms with E-state index in [1.165, 1.54) is 18.5 Å². The number of pyridine rings is 1. The van der Waals surface area contributed by atoms with Gasteiger partial charge < -0.3 is 19.5 Å². The van der Waals surface area contributed by atoms with Gasteiger partial charge in [-0.05, 0) is 59.8 Å². The smallest absolute Gasteiger partial charge is 0.410 e. The zero-order valence-electron chi connectivity index (χ0n) is 29.4. The number of hydrogen-bond acceptors (Lipinski definition) is 9. The van der Waals surface area contributed by atoms with E-state index in [0.29, 0.717) is 48.1 Å². The van der Waals surface area contributed by atoms with Crippen LogP contribution in [-0.2, 0) is 11.3 Å². The van der Waals surface area contributed by atoms with Crippen LogP contribution in [0.1, 0.15) is 31.2 Å². The molecule has 1 amide bonds. The Kier molecular flexibility index (Phi) is 8.50. The summed E-state index contributed by atoms with van der Waals surface area (Å²) < 4.78 is 43.7. The Labute approximate surface area is 310 Å². The van der Waals surface area contributed by atoms with Crippen LogP contribution < -0.4 is 9.64 Å². The Balaban J connectivity index is 1.10. The van der Waals surface area contributed by atoms with E-state index in [2.05, 4.69) is 19.7 Å². The van der Waals surface area contributed by atoms with Gasteiger partial charge in [-0.2, -0.15) is 9.97 Å². The molecule has 4 aliphatic rings. The van der Waals surface area contributed by atoms with E-state index in [1.807, 2.05) is 59.5 Å². The minimum absolute atomic E-state index is 0.00940. The van der Waals surface area contributed by atoms with E-state index in [9.17, 15) is 14.3 Å². The number of fused-ring (bicyclic) bond motifs is 5. The second-order valence-corrected chi connectivity index (χ2v) is 14.7. The van der Waals surface area contributed by atoms with Crippen molar-refractivity contribution in [1.29, 1.82) is 0 Å². The van der Waals surface area contributed by atoms with Gasteiger partial charge in [0.2, 0.25) is 0 Å².